The summed E-state index contributed by atoms with van der Waals surface area (Å²) in [5.41, 5.74) is 9.94. The number of hydrogen-bond donors (Lipinski definition) is 3. The number of benzene rings is 2. The number of aromatic hydroxyl groups is 1. The Morgan fingerprint density at radius 2 is 2.05 bits per heavy atom. The highest BCUT2D eigenvalue weighted by Gasteiger charge is 2.09. The Morgan fingerprint density at radius 3 is 2.79 bits per heavy atom. The lowest BCUT2D eigenvalue weighted by Crippen LogP contribution is -1.86. The Bertz CT molecular complexity index is 746. The zero-order chi connectivity index (χ0) is 13.4. The number of nitrogens with zero attached hydrogens (tertiary/aromatic N) is 1. The largest absolute Gasteiger partial charge is 0.507 e. The molecule has 0 unspecified atom stereocenters. The summed E-state index contributed by atoms with van der Waals surface area (Å²) >= 11 is 0. The number of H-pyrrole nitrogens is 1. The lowest BCUT2D eigenvalue weighted by Gasteiger charge is -2.01. The lowest BCUT2D eigenvalue weighted by molar-refractivity contribution is 0.477. The number of aromatic amines is 1. The van der Waals surface area contributed by atoms with Crippen LogP contribution in [0.5, 0.6) is 5.75 Å². The van der Waals surface area contributed by atoms with Crippen LogP contribution in [0.2, 0.25) is 0 Å². The van der Waals surface area contributed by atoms with E-state index in [0.29, 0.717) is 17.1 Å². The van der Waals surface area contributed by atoms with Crippen molar-refractivity contribution < 1.29 is 5.11 Å². The van der Waals surface area contributed by atoms with Gasteiger partial charge in [0.15, 0.2) is 0 Å². The zero-order valence-electron chi connectivity index (χ0n) is 10.6. The fourth-order valence-electron chi connectivity index (χ4n) is 2.15. The number of nitrogens with two attached hydrogens (primary N) is 1. The number of rotatable bonds is 2. The summed E-state index contributed by atoms with van der Waals surface area (Å²) in [6.45, 7) is 2.12. The highest BCUT2D eigenvalue weighted by Crippen LogP contribution is 2.30. The van der Waals surface area contributed by atoms with Gasteiger partial charge in [0.1, 0.15) is 11.6 Å². The highest BCUT2D eigenvalue weighted by molar-refractivity contribution is 5.81. The Hall–Kier alpha value is -2.49. The molecule has 0 spiro atoms. The lowest BCUT2D eigenvalue weighted by atomic mass is 10.1. The maximum Gasteiger partial charge on any atom is 0.142 e. The molecule has 3 rings (SSSR count). The number of phenolic OH excluding ortho intramolecular Hbond substituents is 1. The van der Waals surface area contributed by atoms with Crippen LogP contribution in [0.4, 0.5) is 5.69 Å². The molecule has 1 heterocycles. The first-order valence-electron chi connectivity index (χ1n) is 6.25. The first-order chi connectivity index (χ1) is 9.17. The van der Waals surface area contributed by atoms with Crippen molar-refractivity contribution in [3.63, 3.8) is 0 Å². The van der Waals surface area contributed by atoms with Crippen molar-refractivity contribution >= 4 is 16.7 Å². The van der Waals surface area contributed by atoms with Gasteiger partial charge in [-0.3, -0.25) is 0 Å². The summed E-state index contributed by atoms with van der Waals surface area (Å²) < 4.78 is 0. The molecule has 0 saturated carbocycles. The van der Waals surface area contributed by atoms with E-state index in [9.17, 15) is 5.11 Å². The van der Waals surface area contributed by atoms with Crippen molar-refractivity contribution in [1.82, 2.24) is 9.97 Å². The van der Waals surface area contributed by atoms with Crippen molar-refractivity contribution in [2.45, 2.75) is 13.3 Å². The van der Waals surface area contributed by atoms with E-state index in [1.165, 1.54) is 11.6 Å². The number of nitrogens with one attached hydrogen (secondary N) is 1. The second kappa shape index (κ2) is 4.31. The van der Waals surface area contributed by atoms with Crippen molar-refractivity contribution in [1.29, 1.82) is 0 Å². The predicted molar refractivity (Wildman–Crippen MR) is 77.0 cm³/mol. The van der Waals surface area contributed by atoms with Gasteiger partial charge < -0.3 is 15.8 Å². The van der Waals surface area contributed by atoms with Crippen LogP contribution < -0.4 is 5.73 Å². The van der Waals surface area contributed by atoms with E-state index >= 15 is 0 Å². The normalized spacial score (nSPS) is 11.0. The molecule has 2 aromatic carbocycles. The van der Waals surface area contributed by atoms with Crippen molar-refractivity contribution in [3.05, 3.63) is 42.0 Å². The first-order valence-corrected chi connectivity index (χ1v) is 6.25. The van der Waals surface area contributed by atoms with E-state index in [0.717, 1.165) is 17.5 Å². The third-order valence-corrected chi connectivity index (χ3v) is 3.23. The summed E-state index contributed by atoms with van der Waals surface area (Å²) in [5.74, 6) is 0.788. The van der Waals surface area contributed by atoms with Gasteiger partial charge in [-0.25, -0.2) is 4.98 Å². The van der Waals surface area contributed by atoms with Crippen LogP contribution in [0.25, 0.3) is 22.4 Å². The van der Waals surface area contributed by atoms with Gasteiger partial charge in [0.05, 0.1) is 16.6 Å². The number of phenols is 1. The van der Waals surface area contributed by atoms with Gasteiger partial charge in [-0.05, 0) is 36.2 Å². The molecule has 0 aliphatic heterocycles. The minimum atomic E-state index is 0.134. The molecular formula is C15H15N3O. The highest BCUT2D eigenvalue weighted by atomic mass is 16.3. The molecule has 19 heavy (non-hydrogen) atoms. The standard InChI is InChI=1S/C15H15N3O/c1-2-9-3-6-12-13(7-9)18-15(17-12)11-5-4-10(16)8-14(11)19/h3-8,19H,2,16H2,1H3,(H,17,18). The maximum atomic E-state index is 9.93. The van der Waals surface area contributed by atoms with E-state index in [-0.39, 0.29) is 5.75 Å². The number of hydrogen-bond acceptors (Lipinski definition) is 3. The van der Waals surface area contributed by atoms with E-state index in [1.54, 1.807) is 12.1 Å². The fraction of sp³-hybridized carbons (Fsp3) is 0.133. The Balaban J connectivity index is 2.14. The minimum Gasteiger partial charge on any atom is -0.507 e. The monoisotopic (exact) mass is 253 g/mol. The number of anilines is 1. The molecule has 0 radical (unpaired) electrons. The SMILES string of the molecule is CCc1ccc2nc(-c3ccc(N)cc3O)[nH]c2c1. The molecule has 0 atom stereocenters. The second-order valence-electron chi connectivity index (χ2n) is 4.57. The van der Waals surface area contributed by atoms with E-state index in [2.05, 4.69) is 29.0 Å². The molecule has 0 amide bonds. The average Bonchev–Trinajstić information content (AvgIpc) is 2.80. The van der Waals surface area contributed by atoms with Gasteiger partial charge in [0.25, 0.3) is 0 Å². The predicted octanol–water partition coefficient (Wildman–Crippen LogP) is 3.08. The summed E-state index contributed by atoms with van der Waals surface area (Å²) in [5, 5.41) is 9.93. The van der Waals surface area contributed by atoms with Crippen LogP contribution >= 0.6 is 0 Å². The summed E-state index contributed by atoms with van der Waals surface area (Å²) in [4.78, 5) is 7.73. The van der Waals surface area contributed by atoms with Crippen molar-refractivity contribution in [3.8, 4) is 17.1 Å². The van der Waals surface area contributed by atoms with Crippen LogP contribution in [0.15, 0.2) is 36.4 Å². The number of fused-ring (bicyclic) bond motifs is 1. The molecule has 0 saturated heterocycles. The Labute approximate surface area is 110 Å². The van der Waals surface area contributed by atoms with E-state index < -0.39 is 0 Å². The number of imidazole rings is 1. The molecule has 96 valence electrons. The minimum absolute atomic E-state index is 0.134. The molecule has 4 heteroatoms. The van der Waals surface area contributed by atoms with Crippen LogP contribution in [0.1, 0.15) is 12.5 Å². The molecule has 3 aromatic rings. The molecule has 1 aromatic heterocycles. The van der Waals surface area contributed by atoms with Gasteiger partial charge in [-0.2, -0.15) is 0 Å². The molecule has 0 fully saturated rings. The molecule has 4 N–H and O–H groups in total. The third kappa shape index (κ3) is 2.01. The fourth-order valence-corrected chi connectivity index (χ4v) is 2.15. The van der Waals surface area contributed by atoms with Crippen LogP contribution in [0.3, 0.4) is 0 Å². The van der Waals surface area contributed by atoms with E-state index in [4.69, 9.17) is 5.73 Å². The first kappa shape index (κ1) is 11.6. The van der Waals surface area contributed by atoms with Crippen molar-refractivity contribution in [2.75, 3.05) is 5.73 Å². The molecule has 4 nitrogen and oxygen atoms in total. The number of aryl methyl sites for hydroxylation is 1. The van der Waals surface area contributed by atoms with Crippen molar-refractivity contribution in [2.24, 2.45) is 0 Å². The van der Waals surface area contributed by atoms with Gasteiger partial charge >= 0.3 is 0 Å². The Morgan fingerprint density at radius 1 is 1.21 bits per heavy atom. The third-order valence-electron chi connectivity index (χ3n) is 3.23. The Kier molecular flexibility index (Phi) is 2.63. The summed E-state index contributed by atoms with van der Waals surface area (Å²) in [6.07, 6.45) is 0.984. The van der Waals surface area contributed by atoms with Gasteiger partial charge in [0.2, 0.25) is 0 Å². The molecule has 0 bridgehead atoms. The van der Waals surface area contributed by atoms with Gasteiger partial charge in [-0.1, -0.05) is 13.0 Å². The molecule has 0 aliphatic carbocycles. The average molecular weight is 253 g/mol. The molecule has 0 aliphatic rings. The molecular weight excluding hydrogens is 238 g/mol. The second-order valence-corrected chi connectivity index (χ2v) is 4.57. The topological polar surface area (TPSA) is 74.9 Å². The number of aromatic nitrogens is 2. The number of nitrogen functional groups attached to an aromatic ring is 1. The van der Waals surface area contributed by atoms with Crippen LogP contribution in [-0.4, -0.2) is 15.1 Å². The van der Waals surface area contributed by atoms with Gasteiger partial charge in [-0.15, -0.1) is 0 Å². The summed E-state index contributed by atoms with van der Waals surface area (Å²) in [6, 6.07) is 11.2. The quantitative estimate of drug-likeness (QED) is 0.614. The smallest absolute Gasteiger partial charge is 0.142 e. The van der Waals surface area contributed by atoms with Crippen LogP contribution in [-0.2, 0) is 6.42 Å². The summed E-state index contributed by atoms with van der Waals surface area (Å²) in [7, 11) is 0. The zero-order valence-corrected chi connectivity index (χ0v) is 10.6. The maximum absolute atomic E-state index is 9.93. The van der Waals surface area contributed by atoms with Crippen LogP contribution in [0, 0.1) is 0 Å². The van der Waals surface area contributed by atoms with Gasteiger partial charge in [0, 0.05) is 11.8 Å². The van der Waals surface area contributed by atoms with E-state index in [1.807, 2.05) is 6.07 Å².